The lowest BCUT2D eigenvalue weighted by atomic mass is 10.0. The number of carboxylic acid groups (broad SMARTS) is 1. The quantitative estimate of drug-likeness (QED) is 0.0790. The van der Waals surface area contributed by atoms with Gasteiger partial charge in [-0.3, -0.25) is 19.2 Å². The van der Waals surface area contributed by atoms with Crippen LogP contribution in [-0.4, -0.2) is 82.4 Å². The van der Waals surface area contributed by atoms with Gasteiger partial charge in [-0.1, -0.05) is 0 Å². The summed E-state index contributed by atoms with van der Waals surface area (Å²) in [7, 11) is 0. The Morgan fingerprint density at radius 3 is 1.94 bits per heavy atom. The summed E-state index contributed by atoms with van der Waals surface area (Å²) in [5.74, 6) is -4.48. The second-order valence-corrected chi connectivity index (χ2v) is 7.63. The Hall–Kier alpha value is -2.42. The van der Waals surface area contributed by atoms with E-state index in [0.29, 0.717) is 19.4 Å². The normalized spacial score (nSPS) is 15.5. The highest BCUT2D eigenvalue weighted by Gasteiger charge is 2.31. The molecule has 0 aliphatic heterocycles. The van der Waals surface area contributed by atoms with Gasteiger partial charge in [0, 0.05) is 12.2 Å². The number of rotatable bonds is 16. The largest absolute Gasteiger partial charge is 0.480 e. The lowest BCUT2D eigenvalue weighted by Crippen LogP contribution is -2.58. The number of carbonyl (C=O) groups excluding carboxylic acids is 4. The number of carboxylic acids is 1. The lowest BCUT2D eigenvalue weighted by Gasteiger charge is -2.25. The van der Waals surface area contributed by atoms with Crippen LogP contribution in [0.25, 0.3) is 0 Å². The molecule has 0 bridgehead atoms. The van der Waals surface area contributed by atoms with Crippen molar-refractivity contribution in [1.82, 2.24) is 16.0 Å². The number of aliphatic hydroxyl groups is 1. The summed E-state index contributed by atoms with van der Waals surface area (Å²) in [6.07, 6.45) is -0.651. The van der Waals surface area contributed by atoms with Gasteiger partial charge in [0.05, 0.1) is 12.1 Å². The molecule has 0 spiro atoms. The van der Waals surface area contributed by atoms with Crippen molar-refractivity contribution in [3.8, 4) is 0 Å². The third-order valence-corrected chi connectivity index (χ3v) is 4.87. The number of primary amides is 1. The average Bonchev–Trinajstić information content (AvgIpc) is 2.72. The molecule has 0 fully saturated rings. The van der Waals surface area contributed by atoms with Crippen LogP contribution in [0.15, 0.2) is 0 Å². The van der Waals surface area contributed by atoms with Gasteiger partial charge in [0.25, 0.3) is 0 Å². The summed E-state index contributed by atoms with van der Waals surface area (Å²) >= 11 is 3.94. The number of nitrogens with two attached hydrogens (primary N) is 3. The van der Waals surface area contributed by atoms with E-state index in [4.69, 9.17) is 22.3 Å². The fraction of sp³-hybridized carbons (Fsp3) is 0.722. The van der Waals surface area contributed by atoms with Crippen molar-refractivity contribution in [2.45, 2.75) is 69.3 Å². The Bertz CT molecular complexity index is 664. The van der Waals surface area contributed by atoms with Crippen molar-refractivity contribution in [1.29, 1.82) is 0 Å². The zero-order chi connectivity index (χ0) is 24.8. The average molecular weight is 479 g/mol. The number of hydrogen-bond donors (Lipinski definition) is 9. The van der Waals surface area contributed by atoms with Crippen LogP contribution >= 0.6 is 12.6 Å². The number of nitrogens with one attached hydrogen (secondary N) is 3. The van der Waals surface area contributed by atoms with Gasteiger partial charge in [-0.15, -0.1) is 0 Å². The van der Waals surface area contributed by atoms with Crippen molar-refractivity contribution in [3.63, 3.8) is 0 Å². The summed E-state index contributed by atoms with van der Waals surface area (Å²) in [5, 5.41) is 25.7. The van der Waals surface area contributed by atoms with Crippen LogP contribution in [0.5, 0.6) is 0 Å². The zero-order valence-corrected chi connectivity index (χ0v) is 18.8. The van der Waals surface area contributed by atoms with Gasteiger partial charge in [-0.25, -0.2) is 4.79 Å². The third-order valence-electron chi connectivity index (χ3n) is 4.47. The fourth-order valence-electron chi connectivity index (χ4n) is 2.59. The molecule has 11 N–H and O–H groups in total. The second kappa shape index (κ2) is 15.4. The molecule has 5 unspecified atom stereocenters. The first-order chi connectivity index (χ1) is 14.9. The monoisotopic (exact) mass is 478 g/mol. The van der Waals surface area contributed by atoms with Crippen LogP contribution in [0.1, 0.15) is 39.0 Å². The minimum absolute atomic E-state index is 0.0442. The van der Waals surface area contributed by atoms with Crippen molar-refractivity contribution < 1.29 is 34.2 Å². The predicted molar refractivity (Wildman–Crippen MR) is 118 cm³/mol. The highest BCUT2D eigenvalue weighted by molar-refractivity contribution is 7.80. The molecule has 32 heavy (non-hydrogen) atoms. The first-order valence-electron chi connectivity index (χ1n) is 10.1. The lowest BCUT2D eigenvalue weighted by molar-refractivity contribution is -0.145. The van der Waals surface area contributed by atoms with Crippen molar-refractivity contribution in [2.75, 3.05) is 12.3 Å². The molecule has 0 rings (SSSR count). The van der Waals surface area contributed by atoms with E-state index in [9.17, 15) is 29.1 Å². The third kappa shape index (κ3) is 11.3. The Kier molecular flexibility index (Phi) is 14.2. The molecular formula is C18H34N6O7S. The SMILES string of the molecule is CC(O)C(NC(=O)C(CCC(N)=O)NC(=O)C(CCCCN)NC(=O)C(N)CS)C(=O)O. The Morgan fingerprint density at radius 1 is 0.938 bits per heavy atom. The van der Waals surface area contributed by atoms with E-state index in [1.165, 1.54) is 6.92 Å². The van der Waals surface area contributed by atoms with Crippen LogP contribution < -0.4 is 33.2 Å². The van der Waals surface area contributed by atoms with Crippen molar-refractivity contribution >= 4 is 42.2 Å². The maximum Gasteiger partial charge on any atom is 0.328 e. The number of amides is 4. The number of aliphatic carboxylic acids is 1. The molecule has 0 aliphatic carbocycles. The van der Waals surface area contributed by atoms with Crippen LogP contribution in [0.3, 0.4) is 0 Å². The van der Waals surface area contributed by atoms with E-state index >= 15 is 0 Å². The molecule has 14 heteroatoms. The summed E-state index contributed by atoms with van der Waals surface area (Å²) in [6, 6.07) is -5.00. The van der Waals surface area contributed by atoms with Crippen LogP contribution in [0, 0.1) is 0 Å². The minimum Gasteiger partial charge on any atom is -0.480 e. The summed E-state index contributed by atoms with van der Waals surface area (Å²) in [5.41, 5.74) is 16.2. The fourth-order valence-corrected chi connectivity index (χ4v) is 2.76. The first-order valence-corrected chi connectivity index (χ1v) is 10.7. The number of unbranched alkanes of at least 4 members (excludes halogenated alkanes) is 1. The molecule has 0 aromatic rings. The first kappa shape index (κ1) is 29.6. The van der Waals surface area contributed by atoms with E-state index in [1.807, 2.05) is 0 Å². The maximum absolute atomic E-state index is 12.8. The van der Waals surface area contributed by atoms with E-state index < -0.39 is 59.9 Å². The van der Waals surface area contributed by atoms with Crippen molar-refractivity contribution in [2.24, 2.45) is 17.2 Å². The predicted octanol–water partition coefficient (Wildman–Crippen LogP) is -3.44. The molecule has 0 saturated carbocycles. The molecule has 0 radical (unpaired) electrons. The molecule has 0 saturated heterocycles. The highest BCUT2D eigenvalue weighted by atomic mass is 32.1. The second-order valence-electron chi connectivity index (χ2n) is 7.27. The Morgan fingerprint density at radius 2 is 1.47 bits per heavy atom. The van der Waals surface area contributed by atoms with E-state index in [0.717, 1.165) is 0 Å². The standard InChI is InChI=1S/C18H34N6O7S/c1-9(25)14(18(30)31)24-17(29)12(5-6-13(21)26)23-16(28)11(4-2-3-7-19)22-15(27)10(20)8-32/h9-12,14,25,32H,2-8,19-20H2,1H3,(H2,21,26)(H,22,27)(H,23,28)(H,24,29)(H,30,31). The van der Waals surface area contributed by atoms with E-state index in [1.54, 1.807) is 0 Å². The smallest absolute Gasteiger partial charge is 0.328 e. The maximum atomic E-state index is 12.8. The van der Waals surface area contributed by atoms with E-state index in [2.05, 4.69) is 28.6 Å². The molecular weight excluding hydrogens is 444 g/mol. The summed E-state index contributed by atoms with van der Waals surface area (Å²) in [6.45, 7) is 1.54. The van der Waals surface area contributed by atoms with E-state index in [-0.39, 0.29) is 25.0 Å². The Labute approximate surface area is 191 Å². The molecule has 184 valence electrons. The van der Waals surface area contributed by atoms with Gasteiger partial charge in [0.2, 0.25) is 23.6 Å². The van der Waals surface area contributed by atoms with Gasteiger partial charge < -0.3 is 43.4 Å². The number of carbonyl (C=O) groups is 5. The number of aliphatic hydroxyl groups excluding tert-OH is 1. The van der Waals surface area contributed by atoms with Gasteiger partial charge in [0.1, 0.15) is 12.1 Å². The molecule has 0 aliphatic rings. The van der Waals surface area contributed by atoms with Gasteiger partial charge in [-0.2, -0.15) is 12.6 Å². The summed E-state index contributed by atoms with van der Waals surface area (Å²) < 4.78 is 0. The van der Waals surface area contributed by atoms with Crippen LogP contribution in [0.2, 0.25) is 0 Å². The van der Waals surface area contributed by atoms with Crippen molar-refractivity contribution in [3.05, 3.63) is 0 Å². The van der Waals surface area contributed by atoms with Gasteiger partial charge >= 0.3 is 5.97 Å². The van der Waals surface area contributed by atoms with Crippen LogP contribution in [-0.2, 0) is 24.0 Å². The molecule has 0 aromatic carbocycles. The van der Waals surface area contributed by atoms with Crippen LogP contribution in [0.4, 0.5) is 0 Å². The molecule has 0 heterocycles. The highest BCUT2D eigenvalue weighted by Crippen LogP contribution is 2.06. The summed E-state index contributed by atoms with van der Waals surface area (Å²) in [4.78, 5) is 59.9. The molecule has 0 aromatic heterocycles. The molecule has 13 nitrogen and oxygen atoms in total. The number of thiol groups is 1. The molecule has 5 atom stereocenters. The van der Waals surface area contributed by atoms with Gasteiger partial charge in [0.15, 0.2) is 6.04 Å². The number of hydrogen-bond acceptors (Lipinski definition) is 9. The minimum atomic E-state index is -1.64. The zero-order valence-electron chi connectivity index (χ0n) is 18.0. The van der Waals surface area contributed by atoms with Gasteiger partial charge in [-0.05, 0) is 39.2 Å². The molecule has 4 amide bonds. The topological polar surface area (TPSA) is 240 Å². The Balaban J connectivity index is 5.50.